The van der Waals surface area contributed by atoms with Crippen LogP contribution >= 0.6 is 11.3 Å². The molecule has 38 heavy (non-hydrogen) atoms. The van der Waals surface area contributed by atoms with E-state index in [0.29, 0.717) is 5.56 Å². The van der Waals surface area contributed by atoms with Gasteiger partial charge in [-0.05, 0) is 48.7 Å². The zero-order valence-electron chi connectivity index (χ0n) is 20.4. The van der Waals surface area contributed by atoms with Gasteiger partial charge in [0.2, 0.25) is 5.82 Å². The molecule has 0 saturated carbocycles. The van der Waals surface area contributed by atoms with Gasteiger partial charge in [-0.2, -0.15) is 31.4 Å². The summed E-state index contributed by atoms with van der Waals surface area (Å²) < 4.78 is 79.5. The monoisotopic (exact) mass is 555 g/mol. The Morgan fingerprint density at radius 3 is 2.34 bits per heavy atom. The number of aromatic amines is 1. The number of halogens is 6. The third-order valence-electron chi connectivity index (χ3n) is 5.48. The van der Waals surface area contributed by atoms with Crippen molar-refractivity contribution >= 4 is 23.5 Å². The fourth-order valence-corrected chi connectivity index (χ4v) is 4.59. The Labute approximate surface area is 217 Å². The zero-order chi connectivity index (χ0) is 27.5. The summed E-state index contributed by atoms with van der Waals surface area (Å²) in [7, 11) is 1.27. The third-order valence-corrected chi connectivity index (χ3v) is 6.59. The van der Waals surface area contributed by atoms with Crippen LogP contribution in [0.25, 0.3) is 35.2 Å². The molecule has 0 radical (unpaired) electrons. The first-order chi connectivity index (χ1) is 17.9. The Kier molecular flexibility index (Phi) is 7.99. The molecule has 4 aromatic heterocycles. The summed E-state index contributed by atoms with van der Waals surface area (Å²) in [5.74, 6) is -3.26. The summed E-state index contributed by atoms with van der Waals surface area (Å²) in [6.45, 7) is 2.15. The molecule has 0 atom stereocenters. The second-order valence-electron chi connectivity index (χ2n) is 8.50. The van der Waals surface area contributed by atoms with Crippen LogP contribution in [0.5, 0.6) is 0 Å². The number of unbranched alkanes of at least 4 members (excludes halogenated alkanes) is 3. The number of thiophene rings is 1. The molecule has 0 aliphatic rings. The van der Waals surface area contributed by atoms with Crippen molar-refractivity contribution in [1.82, 2.24) is 34.9 Å². The number of pyridine rings is 1. The minimum absolute atomic E-state index is 0.0335. The molecule has 4 aromatic rings. The highest BCUT2D eigenvalue weighted by Gasteiger charge is 2.37. The van der Waals surface area contributed by atoms with Gasteiger partial charge < -0.3 is 0 Å². The number of nitrogens with one attached hydrogen (secondary N) is 1. The molecule has 0 unspecified atom stereocenters. The van der Waals surface area contributed by atoms with Crippen molar-refractivity contribution in [2.45, 2.75) is 51.4 Å². The van der Waals surface area contributed by atoms with Gasteiger partial charge >= 0.3 is 12.4 Å². The zero-order valence-corrected chi connectivity index (χ0v) is 21.2. The molecule has 0 fully saturated rings. The van der Waals surface area contributed by atoms with E-state index in [9.17, 15) is 26.3 Å². The van der Waals surface area contributed by atoms with Gasteiger partial charge in [0, 0.05) is 16.8 Å². The van der Waals surface area contributed by atoms with E-state index in [0.717, 1.165) is 35.2 Å². The molecule has 0 bridgehead atoms. The van der Waals surface area contributed by atoms with Gasteiger partial charge in [-0.3, -0.25) is 5.10 Å². The van der Waals surface area contributed by atoms with E-state index < -0.39 is 24.0 Å². The number of hydrogen-bond acceptors (Lipinski definition) is 6. The largest absolute Gasteiger partial charge is 0.453 e. The van der Waals surface area contributed by atoms with Crippen molar-refractivity contribution in [3.8, 4) is 23.0 Å². The molecule has 0 aliphatic carbocycles. The molecule has 4 heterocycles. The fourth-order valence-electron chi connectivity index (χ4n) is 3.63. The Hall–Kier alpha value is -3.55. The molecule has 202 valence electrons. The van der Waals surface area contributed by atoms with Crippen LogP contribution in [-0.2, 0) is 25.8 Å². The molecule has 0 aliphatic heterocycles. The quantitative estimate of drug-likeness (QED) is 0.177. The van der Waals surface area contributed by atoms with Gasteiger partial charge in [0.15, 0.2) is 11.6 Å². The summed E-state index contributed by atoms with van der Waals surface area (Å²) in [4.78, 5) is 13.4. The molecular weight excluding hydrogens is 532 g/mol. The lowest BCUT2D eigenvalue weighted by atomic mass is 10.1. The maximum atomic E-state index is 13.2. The van der Waals surface area contributed by atoms with Crippen LogP contribution in [0.4, 0.5) is 26.3 Å². The average molecular weight is 556 g/mol. The van der Waals surface area contributed by atoms with E-state index in [1.165, 1.54) is 30.5 Å². The number of aromatic nitrogens is 7. The molecular formula is C24H23F6N7S. The molecule has 14 heteroatoms. The average Bonchev–Trinajstić information content (AvgIpc) is 3.59. The minimum atomic E-state index is -4.78. The fraction of sp³-hybridized carbons (Fsp3) is 0.375. The van der Waals surface area contributed by atoms with E-state index >= 15 is 0 Å². The number of alkyl halides is 6. The predicted molar refractivity (Wildman–Crippen MR) is 131 cm³/mol. The van der Waals surface area contributed by atoms with Crippen molar-refractivity contribution in [3.05, 3.63) is 51.2 Å². The SMILES string of the molecule is CCCCCCc1ccc(/C=C/c2cc(-c3n[nH]c(C(F)(F)F)n3)nc(-c3nc(C(F)(F)F)nn3C)c2)s1. The lowest BCUT2D eigenvalue weighted by Crippen LogP contribution is -2.08. The number of aryl methyl sites for hydroxylation is 2. The first kappa shape index (κ1) is 27.5. The van der Waals surface area contributed by atoms with Crippen LogP contribution in [-0.4, -0.2) is 34.9 Å². The van der Waals surface area contributed by atoms with Gasteiger partial charge in [0.05, 0.1) is 0 Å². The Bertz CT molecular complexity index is 1410. The van der Waals surface area contributed by atoms with Crippen molar-refractivity contribution in [3.63, 3.8) is 0 Å². The van der Waals surface area contributed by atoms with Crippen LogP contribution in [0.1, 0.15) is 59.6 Å². The summed E-state index contributed by atoms with van der Waals surface area (Å²) in [5.41, 5.74) is 0.347. The molecule has 0 saturated heterocycles. The second kappa shape index (κ2) is 11.1. The number of nitrogens with zero attached hydrogens (tertiary/aromatic N) is 6. The lowest BCUT2D eigenvalue weighted by molar-refractivity contribution is -0.145. The molecule has 1 N–H and O–H groups in total. The van der Waals surface area contributed by atoms with Crippen LogP contribution in [0.15, 0.2) is 24.3 Å². The maximum absolute atomic E-state index is 13.2. The number of rotatable bonds is 9. The van der Waals surface area contributed by atoms with Crippen molar-refractivity contribution in [2.75, 3.05) is 0 Å². The highest BCUT2D eigenvalue weighted by molar-refractivity contribution is 7.12. The second-order valence-corrected chi connectivity index (χ2v) is 9.70. The lowest BCUT2D eigenvalue weighted by Gasteiger charge is -2.05. The molecule has 0 aromatic carbocycles. The molecule has 7 nitrogen and oxygen atoms in total. The van der Waals surface area contributed by atoms with E-state index in [1.54, 1.807) is 17.4 Å². The molecule has 4 rings (SSSR count). The van der Waals surface area contributed by atoms with E-state index in [4.69, 9.17) is 0 Å². The first-order valence-corrected chi connectivity index (χ1v) is 12.5. The van der Waals surface area contributed by atoms with E-state index in [-0.39, 0.29) is 23.0 Å². The van der Waals surface area contributed by atoms with Crippen molar-refractivity contribution < 1.29 is 26.3 Å². The van der Waals surface area contributed by atoms with Crippen molar-refractivity contribution in [2.24, 2.45) is 7.05 Å². The molecule has 0 amide bonds. The smallest absolute Gasteiger partial charge is 0.255 e. The first-order valence-electron chi connectivity index (χ1n) is 11.7. The van der Waals surface area contributed by atoms with Crippen molar-refractivity contribution in [1.29, 1.82) is 0 Å². The van der Waals surface area contributed by atoms with Crippen LogP contribution in [0.2, 0.25) is 0 Å². The van der Waals surface area contributed by atoms with E-state index in [1.807, 2.05) is 23.3 Å². The predicted octanol–water partition coefficient (Wildman–Crippen LogP) is 7.05. The number of H-pyrrole nitrogens is 1. The van der Waals surface area contributed by atoms with Gasteiger partial charge in [0.1, 0.15) is 11.4 Å². The number of hydrogen-bond donors (Lipinski definition) is 1. The third kappa shape index (κ3) is 6.65. The summed E-state index contributed by atoms with van der Waals surface area (Å²) in [5, 5.41) is 8.81. The molecule has 0 spiro atoms. The Morgan fingerprint density at radius 2 is 1.68 bits per heavy atom. The van der Waals surface area contributed by atoms with Gasteiger partial charge in [0.25, 0.3) is 5.82 Å². The highest BCUT2D eigenvalue weighted by Crippen LogP contribution is 2.31. The highest BCUT2D eigenvalue weighted by atomic mass is 32.1. The van der Waals surface area contributed by atoms with Crippen LogP contribution in [0, 0.1) is 0 Å². The van der Waals surface area contributed by atoms with Gasteiger partial charge in [-0.1, -0.05) is 32.3 Å². The van der Waals surface area contributed by atoms with Crippen LogP contribution < -0.4 is 0 Å². The topological polar surface area (TPSA) is 85.2 Å². The minimum Gasteiger partial charge on any atom is -0.255 e. The maximum Gasteiger partial charge on any atom is 0.453 e. The Morgan fingerprint density at radius 1 is 0.921 bits per heavy atom. The van der Waals surface area contributed by atoms with Gasteiger partial charge in [-0.25, -0.2) is 19.6 Å². The van der Waals surface area contributed by atoms with E-state index in [2.05, 4.69) is 32.1 Å². The Balaban J connectivity index is 1.69. The standard InChI is InChI=1S/C24H23F6N7S/c1-3-4-5-6-7-15-10-11-16(38-15)9-8-14-12-17(19-32-21(35-34-19)23(25,26)27)31-18(13-14)20-33-22(24(28,29)30)36-37(20)2/h8-13H,3-7H2,1-2H3,(H,32,34,35)/b9-8+. The normalized spacial score (nSPS) is 12.6. The summed E-state index contributed by atoms with van der Waals surface area (Å²) in [6.07, 6.45) is -0.441. The summed E-state index contributed by atoms with van der Waals surface area (Å²) >= 11 is 1.62. The van der Waals surface area contributed by atoms with Crippen LogP contribution in [0.3, 0.4) is 0 Å². The van der Waals surface area contributed by atoms with Gasteiger partial charge in [-0.15, -0.1) is 16.4 Å². The summed E-state index contributed by atoms with van der Waals surface area (Å²) in [6, 6.07) is 6.93.